The molecule has 8 nitrogen and oxygen atoms in total. The van der Waals surface area contributed by atoms with E-state index in [9.17, 15) is 13.2 Å². The molecule has 1 amide bonds. The average molecular weight is 434 g/mol. The summed E-state index contributed by atoms with van der Waals surface area (Å²) in [5, 5.41) is 7.55. The topological polar surface area (TPSA) is 99.5 Å². The summed E-state index contributed by atoms with van der Waals surface area (Å²) in [6.07, 6.45) is -0.845. The lowest BCUT2D eigenvalue weighted by molar-refractivity contribution is -0.128. The summed E-state index contributed by atoms with van der Waals surface area (Å²) in [4.78, 5) is 13.1. The van der Waals surface area contributed by atoms with Crippen LogP contribution in [0.5, 0.6) is 11.5 Å². The zero-order valence-electron chi connectivity index (χ0n) is 17.6. The minimum Gasteiger partial charge on any atom is -0.482 e. The van der Waals surface area contributed by atoms with Crippen molar-refractivity contribution in [1.82, 2.24) is 9.78 Å². The zero-order valence-corrected chi connectivity index (χ0v) is 18.4. The van der Waals surface area contributed by atoms with Crippen molar-refractivity contribution in [2.24, 2.45) is 0 Å². The van der Waals surface area contributed by atoms with Crippen molar-refractivity contribution in [2.45, 2.75) is 57.8 Å². The number of hydrogen-bond donors (Lipinski definition) is 1. The number of nitrogens with zero attached hydrogens (tertiary/aromatic N) is 2. The Morgan fingerprint density at radius 2 is 1.87 bits per heavy atom. The largest absolute Gasteiger partial charge is 0.482 e. The molecule has 0 bridgehead atoms. The summed E-state index contributed by atoms with van der Waals surface area (Å²) in [5.41, 5.74) is 0.528. The number of benzene rings is 1. The van der Waals surface area contributed by atoms with Crippen molar-refractivity contribution in [1.29, 1.82) is 0 Å². The predicted octanol–water partition coefficient (Wildman–Crippen LogP) is 2.71. The fourth-order valence-electron chi connectivity index (χ4n) is 3.70. The van der Waals surface area contributed by atoms with Crippen LogP contribution in [0, 0.1) is 0 Å². The number of sulfone groups is 1. The number of para-hydroxylation sites is 2. The summed E-state index contributed by atoms with van der Waals surface area (Å²) in [6, 6.07) is 8.72. The van der Waals surface area contributed by atoms with Gasteiger partial charge in [-0.15, -0.1) is 0 Å². The molecule has 3 atom stereocenters. The first-order valence-corrected chi connectivity index (χ1v) is 11.9. The highest BCUT2D eigenvalue weighted by Crippen LogP contribution is 2.35. The van der Waals surface area contributed by atoms with Gasteiger partial charge in [0.2, 0.25) is 6.10 Å². The smallest absolute Gasteiger partial charge is 0.270 e. The SMILES string of the molecule is C[C@@H]1Oc2ccccc2O[C@@H]1C(=O)Nc1cc(C(C)(C)C)nn1[C@@H]1CCS(=O)(=O)C1. The number of anilines is 1. The van der Waals surface area contributed by atoms with Crippen LogP contribution in [0.25, 0.3) is 0 Å². The highest BCUT2D eigenvalue weighted by molar-refractivity contribution is 7.91. The number of carbonyl (C=O) groups is 1. The second kappa shape index (κ2) is 7.30. The van der Waals surface area contributed by atoms with Crippen molar-refractivity contribution in [3.63, 3.8) is 0 Å². The highest BCUT2D eigenvalue weighted by atomic mass is 32.2. The molecule has 0 radical (unpaired) electrons. The van der Waals surface area contributed by atoms with Gasteiger partial charge in [-0.05, 0) is 25.5 Å². The van der Waals surface area contributed by atoms with Gasteiger partial charge in [0, 0.05) is 11.5 Å². The second-order valence-electron chi connectivity index (χ2n) is 8.96. The number of nitrogens with one attached hydrogen (secondary N) is 1. The van der Waals surface area contributed by atoms with Crippen molar-refractivity contribution < 1.29 is 22.7 Å². The van der Waals surface area contributed by atoms with E-state index in [-0.39, 0.29) is 28.9 Å². The Balaban J connectivity index is 1.61. The Labute approximate surface area is 176 Å². The Kier molecular flexibility index (Phi) is 5.04. The monoisotopic (exact) mass is 433 g/mol. The Bertz CT molecular complexity index is 1070. The van der Waals surface area contributed by atoms with Gasteiger partial charge in [-0.1, -0.05) is 32.9 Å². The molecule has 1 aromatic carbocycles. The molecule has 2 aromatic rings. The van der Waals surface area contributed by atoms with E-state index >= 15 is 0 Å². The number of amides is 1. The summed E-state index contributed by atoms with van der Waals surface area (Å²) in [7, 11) is -3.10. The summed E-state index contributed by atoms with van der Waals surface area (Å²) in [5.74, 6) is 1.38. The van der Waals surface area contributed by atoms with Crippen LogP contribution in [0.2, 0.25) is 0 Å². The lowest BCUT2D eigenvalue weighted by Gasteiger charge is -2.31. The molecule has 2 aliphatic rings. The maximum atomic E-state index is 13.1. The van der Waals surface area contributed by atoms with E-state index in [0.717, 1.165) is 5.69 Å². The molecule has 1 saturated heterocycles. The van der Waals surface area contributed by atoms with E-state index in [1.54, 1.807) is 23.7 Å². The molecular weight excluding hydrogens is 406 g/mol. The van der Waals surface area contributed by atoms with Crippen molar-refractivity contribution in [2.75, 3.05) is 16.8 Å². The number of fused-ring (bicyclic) bond motifs is 1. The van der Waals surface area contributed by atoms with Gasteiger partial charge >= 0.3 is 0 Å². The molecule has 1 fully saturated rings. The minimum absolute atomic E-state index is 0.0218. The van der Waals surface area contributed by atoms with Crippen LogP contribution >= 0.6 is 0 Å². The van der Waals surface area contributed by atoms with E-state index < -0.39 is 22.0 Å². The molecule has 0 aliphatic carbocycles. The first-order chi connectivity index (χ1) is 14.0. The fraction of sp³-hybridized carbons (Fsp3) is 0.524. The van der Waals surface area contributed by atoms with Gasteiger partial charge in [0.15, 0.2) is 21.3 Å². The van der Waals surface area contributed by atoms with E-state index in [1.165, 1.54) is 0 Å². The Morgan fingerprint density at radius 1 is 1.20 bits per heavy atom. The van der Waals surface area contributed by atoms with E-state index in [2.05, 4.69) is 10.4 Å². The normalized spacial score (nSPS) is 25.1. The lowest BCUT2D eigenvalue weighted by Crippen LogP contribution is -2.46. The van der Waals surface area contributed by atoms with Gasteiger partial charge in [0.1, 0.15) is 11.9 Å². The van der Waals surface area contributed by atoms with Gasteiger partial charge in [0.05, 0.1) is 23.2 Å². The number of hydrogen-bond acceptors (Lipinski definition) is 6. The minimum atomic E-state index is -3.10. The highest BCUT2D eigenvalue weighted by Gasteiger charge is 2.37. The third kappa shape index (κ3) is 4.03. The number of ether oxygens (including phenoxy) is 2. The molecule has 30 heavy (non-hydrogen) atoms. The van der Waals surface area contributed by atoms with Crippen LogP contribution < -0.4 is 14.8 Å². The van der Waals surface area contributed by atoms with Crippen LogP contribution in [0.4, 0.5) is 5.82 Å². The van der Waals surface area contributed by atoms with Gasteiger partial charge in [-0.3, -0.25) is 4.79 Å². The van der Waals surface area contributed by atoms with Gasteiger partial charge < -0.3 is 14.8 Å². The van der Waals surface area contributed by atoms with E-state index in [0.29, 0.717) is 23.7 Å². The average Bonchev–Trinajstić information content (AvgIpc) is 3.23. The van der Waals surface area contributed by atoms with Gasteiger partial charge in [-0.25, -0.2) is 13.1 Å². The molecule has 1 N–H and O–H groups in total. The van der Waals surface area contributed by atoms with E-state index in [4.69, 9.17) is 9.47 Å². The molecule has 0 unspecified atom stereocenters. The molecule has 9 heteroatoms. The predicted molar refractivity (Wildman–Crippen MR) is 113 cm³/mol. The lowest BCUT2D eigenvalue weighted by atomic mass is 9.92. The molecule has 3 heterocycles. The zero-order chi connectivity index (χ0) is 21.7. The van der Waals surface area contributed by atoms with Gasteiger partial charge in [0.25, 0.3) is 5.91 Å². The summed E-state index contributed by atoms with van der Waals surface area (Å²) >= 11 is 0. The molecule has 0 saturated carbocycles. The molecule has 4 rings (SSSR count). The first kappa shape index (κ1) is 20.7. The number of aromatic nitrogens is 2. The Hall–Kier alpha value is -2.55. The molecule has 1 aromatic heterocycles. The first-order valence-electron chi connectivity index (χ1n) is 10.1. The maximum absolute atomic E-state index is 13.1. The van der Waals surface area contributed by atoms with E-state index in [1.807, 2.05) is 39.0 Å². The van der Waals surface area contributed by atoms with Crippen molar-refractivity contribution in [3.05, 3.63) is 36.0 Å². The van der Waals surface area contributed by atoms with Crippen molar-refractivity contribution >= 4 is 21.6 Å². The molecule has 2 aliphatic heterocycles. The molecular formula is C21H27N3O5S. The third-order valence-electron chi connectivity index (χ3n) is 5.41. The Morgan fingerprint density at radius 3 is 2.47 bits per heavy atom. The summed E-state index contributed by atoms with van der Waals surface area (Å²) < 4.78 is 37.4. The fourth-order valence-corrected chi connectivity index (χ4v) is 5.40. The quantitative estimate of drug-likeness (QED) is 0.799. The summed E-state index contributed by atoms with van der Waals surface area (Å²) in [6.45, 7) is 7.84. The maximum Gasteiger partial charge on any atom is 0.270 e. The molecule has 162 valence electrons. The van der Waals surface area contributed by atoms with Crippen LogP contribution in [-0.4, -0.2) is 47.8 Å². The number of rotatable bonds is 3. The van der Waals surface area contributed by atoms with Gasteiger partial charge in [-0.2, -0.15) is 5.10 Å². The van der Waals surface area contributed by atoms with Crippen LogP contribution in [0.1, 0.15) is 45.9 Å². The van der Waals surface area contributed by atoms with Crippen LogP contribution in [0.3, 0.4) is 0 Å². The molecule has 0 spiro atoms. The second-order valence-corrected chi connectivity index (χ2v) is 11.2. The van der Waals surface area contributed by atoms with Crippen LogP contribution in [0.15, 0.2) is 30.3 Å². The number of carbonyl (C=O) groups excluding carboxylic acids is 1. The standard InChI is InChI=1S/C21H27N3O5S/c1-13-19(29-16-8-6-5-7-15(16)28-13)20(25)22-18-11-17(21(2,3)4)23-24(18)14-9-10-30(26,27)12-14/h5-8,11,13-14,19H,9-10,12H2,1-4H3,(H,22,25)/t13-,14+,19-/m0/s1. The van der Waals surface area contributed by atoms with Crippen molar-refractivity contribution in [3.8, 4) is 11.5 Å². The van der Waals surface area contributed by atoms with Crippen LogP contribution in [-0.2, 0) is 20.0 Å². The third-order valence-corrected chi connectivity index (χ3v) is 7.16.